The molecule has 0 saturated heterocycles. The van der Waals surface area contributed by atoms with Crippen LogP contribution in [0.3, 0.4) is 0 Å². The fraction of sp³-hybridized carbons (Fsp3) is 0.364. The first-order valence-electron chi connectivity index (χ1n) is 5.32. The molecule has 0 saturated carbocycles. The van der Waals surface area contributed by atoms with Crippen LogP contribution in [0.1, 0.15) is 17.6 Å². The normalized spacial score (nSPS) is 12.6. The lowest BCUT2D eigenvalue weighted by molar-refractivity contribution is 0.541. The van der Waals surface area contributed by atoms with Crippen molar-refractivity contribution >= 4 is 15.9 Å². The Morgan fingerprint density at radius 1 is 1.41 bits per heavy atom. The van der Waals surface area contributed by atoms with Gasteiger partial charge in [0.15, 0.2) is 0 Å². The van der Waals surface area contributed by atoms with E-state index in [1.54, 1.807) is 17.2 Å². The second kappa shape index (κ2) is 5.37. The second-order valence-corrected chi connectivity index (χ2v) is 4.66. The number of halogens is 1. The van der Waals surface area contributed by atoms with E-state index in [9.17, 15) is 0 Å². The highest BCUT2D eigenvalue weighted by Gasteiger charge is 2.14. The molecule has 2 heterocycles. The maximum atomic E-state index is 4.39. The summed E-state index contributed by atoms with van der Waals surface area (Å²) in [6.07, 6.45) is 4.13. The summed E-state index contributed by atoms with van der Waals surface area (Å²) in [4.78, 5) is 8.61. The number of nitrogens with zero attached hydrogens (tertiary/aromatic N) is 4. The number of hydrogen-bond donors (Lipinski definition) is 1. The van der Waals surface area contributed by atoms with Crippen molar-refractivity contribution in [2.45, 2.75) is 12.5 Å². The summed E-state index contributed by atoms with van der Waals surface area (Å²) >= 11 is 3.38. The smallest absolute Gasteiger partial charge is 0.138 e. The maximum Gasteiger partial charge on any atom is 0.138 e. The van der Waals surface area contributed by atoms with E-state index in [-0.39, 0.29) is 6.04 Å². The predicted octanol–water partition coefficient (Wildman–Crippen LogP) is 1.48. The quantitative estimate of drug-likeness (QED) is 0.928. The number of pyridine rings is 1. The Bertz CT molecular complexity index is 479. The predicted molar refractivity (Wildman–Crippen MR) is 68.4 cm³/mol. The molecule has 0 aromatic carbocycles. The molecule has 1 atom stereocenters. The lowest BCUT2D eigenvalue weighted by Crippen LogP contribution is -2.21. The Hall–Kier alpha value is -1.27. The molecular weight excluding hydrogens is 282 g/mol. The van der Waals surface area contributed by atoms with Gasteiger partial charge in [0.25, 0.3) is 0 Å². The van der Waals surface area contributed by atoms with E-state index in [0.717, 1.165) is 22.4 Å². The third-order valence-corrected chi connectivity index (χ3v) is 3.12. The molecule has 90 valence electrons. The minimum atomic E-state index is 0.144. The lowest BCUT2D eigenvalue weighted by Gasteiger charge is -2.14. The maximum absolute atomic E-state index is 4.39. The van der Waals surface area contributed by atoms with Gasteiger partial charge in [0.1, 0.15) is 12.2 Å². The SMILES string of the molecule is CNC(Cc1ncnn1C)c1ccc(Br)cn1. The molecule has 17 heavy (non-hydrogen) atoms. The van der Waals surface area contributed by atoms with Gasteiger partial charge < -0.3 is 5.32 Å². The zero-order chi connectivity index (χ0) is 12.3. The molecule has 2 rings (SSSR count). The zero-order valence-electron chi connectivity index (χ0n) is 9.76. The van der Waals surface area contributed by atoms with E-state index in [0.29, 0.717) is 0 Å². The molecule has 2 aromatic rings. The second-order valence-electron chi connectivity index (χ2n) is 3.75. The number of hydrogen-bond acceptors (Lipinski definition) is 4. The van der Waals surface area contributed by atoms with Gasteiger partial charge in [0.05, 0.1) is 11.7 Å². The van der Waals surface area contributed by atoms with Gasteiger partial charge >= 0.3 is 0 Å². The summed E-state index contributed by atoms with van der Waals surface area (Å²) in [6.45, 7) is 0. The Kier molecular flexibility index (Phi) is 3.86. The average molecular weight is 296 g/mol. The number of aromatic nitrogens is 4. The van der Waals surface area contributed by atoms with Crippen molar-refractivity contribution in [2.24, 2.45) is 7.05 Å². The highest BCUT2D eigenvalue weighted by atomic mass is 79.9. The monoisotopic (exact) mass is 295 g/mol. The molecule has 0 bridgehead atoms. The fourth-order valence-corrected chi connectivity index (χ4v) is 1.87. The van der Waals surface area contributed by atoms with Crippen LogP contribution < -0.4 is 5.32 Å². The third-order valence-electron chi connectivity index (χ3n) is 2.65. The Morgan fingerprint density at radius 3 is 2.76 bits per heavy atom. The lowest BCUT2D eigenvalue weighted by atomic mass is 10.1. The number of likely N-dealkylation sites (N-methyl/N-ethyl adjacent to an activating group) is 1. The van der Waals surface area contributed by atoms with E-state index in [1.807, 2.05) is 26.2 Å². The molecule has 0 radical (unpaired) electrons. The summed E-state index contributed by atoms with van der Waals surface area (Å²) < 4.78 is 2.76. The summed E-state index contributed by atoms with van der Waals surface area (Å²) in [5.41, 5.74) is 0.999. The minimum absolute atomic E-state index is 0.144. The molecule has 0 amide bonds. The topological polar surface area (TPSA) is 55.6 Å². The van der Waals surface area contributed by atoms with Crippen LogP contribution >= 0.6 is 15.9 Å². The first-order chi connectivity index (χ1) is 8.20. The number of rotatable bonds is 4. The van der Waals surface area contributed by atoms with Crippen LogP contribution in [0.2, 0.25) is 0 Å². The molecule has 1 unspecified atom stereocenters. The fourth-order valence-electron chi connectivity index (χ4n) is 1.64. The van der Waals surface area contributed by atoms with Gasteiger partial charge in [0, 0.05) is 24.1 Å². The van der Waals surface area contributed by atoms with Crippen molar-refractivity contribution in [3.8, 4) is 0 Å². The van der Waals surface area contributed by atoms with Crippen LogP contribution in [0.15, 0.2) is 29.1 Å². The first-order valence-corrected chi connectivity index (χ1v) is 6.11. The van der Waals surface area contributed by atoms with Gasteiger partial charge in [0.2, 0.25) is 0 Å². The van der Waals surface area contributed by atoms with Crippen molar-refractivity contribution in [1.82, 2.24) is 25.1 Å². The van der Waals surface area contributed by atoms with Crippen LogP contribution in [0.5, 0.6) is 0 Å². The zero-order valence-corrected chi connectivity index (χ0v) is 11.3. The number of nitrogens with one attached hydrogen (secondary N) is 1. The van der Waals surface area contributed by atoms with Gasteiger partial charge in [-0.05, 0) is 35.1 Å². The molecule has 0 spiro atoms. The van der Waals surface area contributed by atoms with Crippen LogP contribution in [0.25, 0.3) is 0 Å². The van der Waals surface area contributed by atoms with E-state index in [4.69, 9.17) is 0 Å². The minimum Gasteiger partial charge on any atom is -0.311 e. The van der Waals surface area contributed by atoms with Crippen LogP contribution in [0, 0.1) is 0 Å². The molecule has 1 N–H and O–H groups in total. The standard InChI is InChI=1S/C11H14BrN5/c1-13-10(5-11-15-7-16-17(11)2)9-4-3-8(12)6-14-9/h3-4,6-7,10,13H,5H2,1-2H3. The summed E-state index contributed by atoms with van der Waals surface area (Å²) in [5.74, 6) is 0.939. The average Bonchev–Trinajstić information content (AvgIpc) is 2.73. The van der Waals surface area contributed by atoms with Crippen molar-refractivity contribution in [3.63, 3.8) is 0 Å². The van der Waals surface area contributed by atoms with E-state index in [1.165, 1.54) is 0 Å². The molecule has 0 aliphatic carbocycles. The molecule has 2 aromatic heterocycles. The highest BCUT2D eigenvalue weighted by Crippen LogP contribution is 2.16. The molecule has 6 heteroatoms. The van der Waals surface area contributed by atoms with Gasteiger partial charge in [-0.3, -0.25) is 9.67 Å². The van der Waals surface area contributed by atoms with Gasteiger partial charge in [-0.1, -0.05) is 0 Å². The molecule has 0 aliphatic heterocycles. The van der Waals surface area contributed by atoms with Gasteiger partial charge in [-0.25, -0.2) is 4.98 Å². The van der Waals surface area contributed by atoms with Crippen molar-refractivity contribution < 1.29 is 0 Å². The third kappa shape index (κ3) is 2.89. The largest absolute Gasteiger partial charge is 0.311 e. The van der Waals surface area contributed by atoms with Crippen molar-refractivity contribution in [1.29, 1.82) is 0 Å². The van der Waals surface area contributed by atoms with Crippen LogP contribution in [-0.2, 0) is 13.5 Å². The van der Waals surface area contributed by atoms with Gasteiger partial charge in [-0.2, -0.15) is 5.10 Å². The van der Waals surface area contributed by atoms with Gasteiger partial charge in [-0.15, -0.1) is 0 Å². The first kappa shape index (κ1) is 12.2. The number of aryl methyl sites for hydroxylation is 1. The Balaban J connectivity index is 2.17. The van der Waals surface area contributed by atoms with Crippen molar-refractivity contribution in [3.05, 3.63) is 40.6 Å². The Labute approximate surface area is 108 Å². The van der Waals surface area contributed by atoms with Crippen LogP contribution in [-0.4, -0.2) is 26.8 Å². The van der Waals surface area contributed by atoms with E-state index in [2.05, 4.69) is 36.3 Å². The molecule has 0 aliphatic rings. The van der Waals surface area contributed by atoms with E-state index < -0.39 is 0 Å². The summed E-state index contributed by atoms with van der Waals surface area (Å²) in [7, 11) is 3.81. The van der Waals surface area contributed by atoms with Crippen LogP contribution in [0.4, 0.5) is 0 Å². The molecule has 0 fully saturated rings. The van der Waals surface area contributed by atoms with E-state index >= 15 is 0 Å². The molecular formula is C11H14BrN5. The Morgan fingerprint density at radius 2 is 2.24 bits per heavy atom. The summed E-state index contributed by atoms with van der Waals surface area (Å²) in [5, 5.41) is 7.31. The highest BCUT2D eigenvalue weighted by molar-refractivity contribution is 9.10. The summed E-state index contributed by atoms with van der Waals surface area (Å²) in [6, 6.07) is 4.14. The van der Waals surface area contributed by atoms with Crippen molar-refractivity contribution in [2.75, 3.05) is 7.05 Å². The molecule has 5 nitrogen and oxygen atoms in total.